The topological polar surface area (TPSA) is 12.0 Å². The van der Waals surface area contributed by atoms with Gasteiger partial charge >= 0.3 is 0 Å². The van der Waals surface area contributed by atoms with Crippen LogP contribution in [0.3, 0.4) is 0 Å². The molecular formula is C15H23N. The maximum atomic E-state index is 3.70. The van der Waals surface area contributed by atoms with Gasteiger partial charge in [0.25, 0.3) is 0 Å². The van der Waals surface area contributed by atoms with Crippen LogP contribution in [0, 0.1) is 11.8 Å². The van der Waals surface area contributed by atoms with Crippen molar-refractivity contribution in [3.8, 4) is 0 Å². The maximum Gasteiger partial charge on any atom is 0.0208 e. The molecule has 0 heterocycles. The second-order valence-corrected chi connectivity index (χ2v) is 5.48. The monoisotopic (exact) mass is 217 g/mol. The van der Waals surface area contributed by atoms with Gasteiger partial charge in [0, 0.05) is 12.6 Å². The van der Waals surface area contributed by atoms with Gasteiger partial charge in [-0.25, -0.2) is 0 Å². The molecule has 1 aromatic rings. The summed E-state index contributed by atoms with van der Waals surface area (Å²) >= 11 is 0. The lowest BCUT2D eigenvalue weighted by Gasteiger charge is -2.32. The predicted octanol–water partition coefficient (Wildman–Crippen LogP) is 3.60. The Labute approximate surface area is 99.3 Å². The van der Waals surface area contributed by atoms with Crippen LogP contribution in [0.1, 0.15) is 38.7 Å². The molecule has 0 radical (unpaired) electrons. The number of rotatable bonds is 3. The highest BCUT2D eigenvalue weighted by atomic mass is 14.9. The highest BCUT2D eigenvalue weighted by Crippen LogP contribution is 2.28. The summed E-state index contributed by atoms with van der Waals surface area (Å²) in [5.41, 5.74) is 1.40. The van der Waals surface area contributed by atoms with Gasteiger partial charge in [0.05, 0.1) is 0 Å². The molecule has 1 aliphatic carbocycles. The number of hydrogen-bond donors (Lipinski definition) is 1. The van der Waals surface area contributed by atoms with Crippen molar-refractivity contribution in [2.24, 2.45) is 11.8 Å². The maximum absolute atomic E-state index is 3.70. The summed E-state index contributed by atoms with van der Waals surface area (Å²) in [7, 11) is 0. The van der Waals surface area contributed by atoms with E-state index in [1.807, 2.05) is 0 Å². The van der Waals surface area contributed by atoms with Crippen molar-refractivity contribution >= 4 is 0 Å². The predicted molar refractivity (Wildman–Crippen MR) is 69.2 cm³/mol. The summed E-state index contributed by atoms with van der Waals surface area (Å²) in [5.74, 6) is 1.77. The minimum atomic E-state index is 0.721. The van der Waals surface area contributed by atoms with Crippen LogP contribution in [0.4, 0.5) is 0 Å². The SMILES string of the molecule is C[C@@H]1CC(NCc2ccccc2)C[C@H](C)C1. The average Bonchev–Trinajstić information content (AvgIpc) is 2.27. The van der Waals surface area contributed by atoms with Crippen LogP contribution in [0.25, 0.3) is 0 Å². The Kier molecular flexibility index (Phi) is 4.00. The summed E-state index contributed by atoms with van der Waals surface area (Å²) < 4.78 is 0. The molecular weight excluding hydrogens is 194 g/mol. The molecule has 0 bridgehead atoms. The molecule has 0 amide bonds. The van der Waals surface area contributed by atoms with Crippen LogP contribution in [-0.4, -0.2) is 6.04 Å². The van der Waals surface area contributed by atoms with Crippen molar-refractivity contribution in [1.82, 2.24) is 5.32 Å². The van der Waals surface area contributed by atoms with E-state index < -0.39 is 0 Å². The van der Waals surface area contributed by atoms with Crippen molar-refractivity contribution in [1.29, 1.82) is 0 Å². The molecule has 1 aliphatic rings. The zero-order valence-electron chi connectivity index (χ0n) is 10.4. The molecule has 0 saturated heterocycles. The van der Waals surface area contributed by atoms with Gasteiger partial charge in [0.2, 0.25) is 0 Å². The van der Waals surface area contributed by atoms with Gasteiger partial charge in [0.15, 0.2) is 0 Å². The fourth-order valence-corrected chi connectivity index (χ4v) is 2.97. The molecule has 2 rings (SSSR count). The van der Waals surface area contributed by atoms with Crippen molar-refractivity contribution in [3.63, 3.8) is 0 Å². The van der Waals surface area contributed by atoms with Crippen molar-refractivity contribution < 1.29 is 0 Å². The summed E-state index contributed by atoms with van der Waals surface area (Å²) in [6, 6.07) is 11.4. The number of hydrogen-bond acceptors (Lipinski definition) is 1. The van der Waals surface area contributed by atoms with E-state index in [1.54, 1.807) is 0 Å². The summed E-state index contributed by atoms with van der Waals surface area (Å²) in [6.45, 7) is 5.78. The van der Waals surface area contributed by atoms with E-state index in [2.05, 4.69) is 49.5 Å². The van der Waals surface area contributed by atoms with Crippen LogP contribution < -0.4 is 5.32 Å². The van der Waals surface area contributed by atoms with Crippen LogP contribution in [0.2, 0.25) is 0 Å². The second-order valence-electron chi connectivity index (χ2n) is 5.48. The van der Waals surface area contributed by atoms with Gasteiger partial charge in [-0.2, -0.15) is 0 Å². The Hall–Kier alpha value is -0.820. The fraction of sp³-hybridized carbons (Fsp3) is 0.600. The highest BCUT2D eigenvalue weighted by Gasteiger charge is 2.23. The first-order valence-corrected chi connectivity index (χ1v) is 6.51. The summed E-state index contributed by atoms with van der Waals surface area (Å²) in [5, 5.41) is 3.70. The van der Waals surface area contributed by atoms with E-state index in [0.717, 1.165) is 24.4 Å². The molecule has 1 saturated carbocycles. The molecule has 1 heteroatoms. The molecule has 16 heavy (non-hydrogen) atoms. The smallest absolute Gasteiger partial charge is 0.0208 e. The molecule has 1 aromatic carbocycles. The van der Waals surface area contributed by atoms with E-state index in [0.29, 0.717) is 0 Å². The molecule has 1 fully saturated rings. The van der Waals surface area contributed by atoms with Gasteiger partial charge in [0.1, 0.15) is 0 Å². The highest BCUT2D eigenvalue weighted by molar-refractivity contribution is 5.14. The van der Waals surface area contributed by atoms with Gasteiger partial charge < -0.3 is 5.32 Å². The van der Waals surface area contributed by atoms with E-state index in [-0.39, 0.29) is 0 Å². The molecule has 1 unspecified atom stereocenters. The van der Waals surface area contributed by atoms with E-state index in [9.17, 15) is 0 Å². The lowest BCUT2D eigenvalue weighted by molar-refractivity contribution is 0.238. The third-order valence-electron chi connectivity index (χ3n) is 3.62. The molecule has 1 nitrogen and oxygen atoms in total. The largest absolute Gasteiger partial charge is 0.310 e. The van der Waals surface area contributed by atoms with E-state index in [1.165, 1.54) is 24.8 Å². The second kappa shape index (κ2) is 5.49. The normalized spacial score (nSPS) is 30.2. The zero-order chi connectivity index (χ0) is 11.4. The van der Waals surface area contributed by atoms with Crippen molar-refractivity contribution in [2.75, 3.05) is 0 Å². The van der Waals surface area contributed by atoms with Gasteiger partial charge in [-0.3, -0.25) is 0 Å². The Morgan fingerprint density at radius 3 is 2.25 bits per heavy atom. The lowest BCUT2D eigenvalue weighted by Crippen LogP contribution is -2.35. The van der Waals surface area contributed by atoms with Gasteiger partial charge in [-0.1, -0.05) is 44.2 Å². The molecule has 88 valence electrons. The molecule has 0 aromatic heterocycles. The first kappa shape index (κ1) is 11.7. The van der Waals surface area contributed by atoms with Crippen molar-refractivity contribution in [2.45, 2.75) is 45.7 Å². The lowest BCUT2D eigenvalue weighted by atomic mass is 9.80. The summed E-state index contributed by atoms with van der Waals surface area (Å²) in [4.78, 5) is 0. The number of nitrogens with one attached hydrogen (secondary N) is 1. The Bertz CT molecular complexity index is 296. The van der Waals surface area contributed by atoms with Gasteiger partial charge in [-0.15, -0.1) is 0 Å². The third kappa shape index (κ3) is 3.34. The standard InChI is InChI=1S/C15H23N/c1-12-8-13(2)10-15(9-12)16-11-14-6-4-3-5-7-14/h3-7,12-13,15-16H,8-11H2,1-2H3/t12-,13+,15?. The van der Waals surface area contributed by atoms with E-state index >= 15 is 0 Å². The quantitative estimate of drug-likeness (QED) is 0.815. The Morgan fingerprint density at radius 1 is 1.00 bits per heavy atom. The zero-order valence-corrected chi connectivity index (χ0v) is 10.4. The molecule has 0 aliphatic heterocycles. The Balaban J connectivity index is 1.81. The average molecular weight is 217 g/mol. The number of benzene rings is 1. The first-order valence-electron chi connectivity index (χ1n) is 6.51. The summed E-state index contributed by atoms with van der Waals surface area (Å²) in [6.07, 6.45) is 4.10. The minimum Gasteiger partial charge on any atom is -0.310 e. The van der Waals surface area contributed by atoms with Crippen LogP contribution in [0.15, 0.2) is 30.3 Å². The molecule has 1 N–H and O–H groups in total. The molecule has 3 atom stereocenters. The van der Waals surface area contributed by atoms with E-state index in [4.69, 9.17) is 0 Å². The Morgan fingerprint density at radius 2 is 1.62 bits per heavy atom. The first-order chi connectivity index (χ1) is 7.74. The van der Waals surface area contributed by atoms with Crippen LogP contribution in [0.5, 0.6) is 0 Å². The third-order valence-corrected chi connectivity index (χ3v) is 3.62. The minimum absolute atomic E-state index is 0.721. The van der Waals surface area contributed by atoms with Crippen LogP contribution in [-0.2, 0) is 6.54 Å². The molecule has 0 spiro atoms. The van der Waals surface area contributed by atoms with Crippen molar-refractivity contribution in [3.05, 3.63) is 35.9 Å². The fourth-order valence-electron chi connectivity index (χ4n) is 2.97. The van der Waals surface area contributed by atoms with Gasteiger partial charge in [-0.05, 0) is 36.7 Å². The van der Waals surface area contributed by atoms with Crippen LogP contribution >= 0.6 is 0 Å².